The zero-order valence-electron chi connectivity index (χ0n) is 14.7. The summed E-state index contributed by atoms with van der Waals surface area (Å²) in [6.07, 6.45) is 10.8. The molecule has 3 unspecified atom stereocenters. The van der Waals surface area contributed by atoms with Gasteiger partial charge in [-0.05, 0) is 54.8 Å². The molecule has 2 heteroatoms. The second-order valence-electron chi connectivity index (χ2n) is 8.82. The second-order valence-corrected chi connectivity index (χ2v) is 8.82. The highest BCUT2D eigenvalue weighted by atomic mass is 16.5. The Morgan fingerprint density at radius 2 is 1.62 bits per heavy atom. The van der Waals surface area contributed by atoms with E-state index in [-0.39, 0.29) is 11.7 Å². The van der Waals surface area contributed by atoms with Gasteiger partial charge >= 0.3 is 0 Å². The lowest BCUT2D eigenvalue weighted by atomic mass is 9.43. The van der Waals surface area contributed by atoms with E-state index in [2.05, 4.69) is 20.8 Å². The van der Waals surface area contributed by atoms with Crippen molar-refractivity contribution in [2.75, 3.05) is 14.2 Å². The molecular formula is C19H34O2. The molecular weight excluding hydrogens is 260 g/mol. The van der Waals surface area contributed by atoms with Gasteiger partial charge in [0.05, 0.1) is 11.7 Å². The maximum absolute atomic E-state index is 6.24. The maximum atomic E-state index is 6.24. The van der Waals surface area contributed by atoms with Gasteiger partial charge in [0, 0.05) is 14.2 Å². The highest BCUT2D eigenvalue weighted by molar-refractivity contribution is 5.14. The van der Waals surface area contributed by atoms with E-state index in [1.165, 1.54) is 51.4 Å². The van der Waals surface area contributed by atoms with Crippen LogP contribution < -0.4 is 0 Å². The van der Waals surface area contributed by atoms with Gasteiger partial charge in [0.2, 0.25) is 0 Å². The molecule has 3 rings (SSSR count). The molecule has 21 heavy (non-hydrogen) atoms. The van der Waals surface area contributed by atoms with Crippen molar-refractivity contribution >= 4 is 0 Å². The minimum atomic E-state index is -0.0222. The van der Waals surface area contributed by atoms with E-state index in [0.29, 0.717) is 16.7 Å². The van der Waals surface area contributed by atoms with Gasteiger partial charge in [-0.1, -0.05) is 40.0 Å². The number of fused-ring (bicyclic) bond motifs is 3. The van der Waals surface area contributed by atoms with Crippen LogP contribution in [0, 0.1) is 22.7 Å². The van der Waals surface area contributed by atoms with Gasteiger partial charge in [-0.25, -0.2) is 0 Å². The molecule has 0 aromatic carbocycles. The predicted octanol–water partition coefficient (Wildman–Crippen LogP) is 4.81. The third-order valence-corrected chi connectivity index (χ3v) is 7.63. The Balaban J connectivity index is 2.05. The molecule has 0 amide bonds. The van der Waals surface area contributed by atoms with Gasteiger partial charge < -0.3 is 9.47 Å². The van der Waals surface area contributed by atoms with Crippen LogP contribution in [-0.4, -0.2) is 25.9 Å². The van der Waals surface area contributed by atoms with Gasteiger partial charge in [-0.3, -0.25) is 0 Å². The lowest BCUT2D eigenvalue weighted by Crippen LogP contribution is -2.66. The zero-order valence-corrected chi connectivity index (χ0v) is 14.7. The van der Waals surface area contributed by atoms with E-state index in [1.807, 2.05) is 14.2 Å². The van der Waals surface area contributed by atoms with Crippen LogP contribution in [0.2, 0.25) is 0 Å². The van der Waals surface area contributed by atoms with E-state index in [1.54, 1.807) is 0 Å². The van der Waals surface area contributed by atoms with Crippen LogP contribution in [0.15, 0.2) is 0 Å². The van der Waals surface area contributed by atoms with Gasteiger partial charge in [0.1, 0.15) is 0 Å². The SMILES string of the molecule is COC1CC2C(C)(C)CCC[C@]2(C)[C@H]2CCCCC12OC. The minimum absolute atomic E-state index is 0.0222. The van der Waals surface area contributed by atoms with Crippen molar-refractivity contribution in [3.63, 3.8) is 0 Å². The lowest BCUT2D eigenvalue weighted by molar-refractivity contribution is -0.256. The fraction of sp³-hybridized carbons (Fsp3) is 1.00. The van der Waals surface area contributed by atoms with Crippen molar-refractivity contribution in [1.82, 2.24) is 0 Å². The molecule has 122 valence electrons. The quantitative estimate of drug-likeness (QED) is 0.727. The Bertz CT molecular complexity index is 391. The molecule has 5 atom stereocenters. The Kier molecular flexibility index (Phi) is 3.94. The molecule has 3 saturated carbocycles. The van der Waals surface area contributed by atoms with E-state index >= 15 is 0 Å². The van der Waals surface area contributed by atoms with E-state index in [0.717, 1.165) is 5.92 Å². The van der Waals surface area contributed by atoms with Gasteiger partial charge in [0.25, 0.3) is 0 Å². The van der Waals surface area contributed by atoms with E-state index in [4.69, 9.17) is 9.47 Å². The Hall–Kier alpha value is -0.0800. The van der Waals surface area contributed by atoms with Crippen molar-refractivity contribution in [3.05, 3.63) is 0 Å². The Morgan fingerprint density at radius 3 is 2.29 bits per heavy atom. The predicted molar refractivity (Wildman–Crippen MR) is 86.3 cm³/mol. The molecule has 0 heterocycles. The Labute approximate surface area is 131 Å². The molecule has 0 saturated heterocycles. The number of ether oxygens (including phenoxy) is 2. The molecule has 3 aliphatic rings. The first-order valence-electron chi connectivity index (χ1n) is 8.99. The minimum Gasteiger partial charge on any atom is -0.378 e. The van der Waals surface area contributed by atoms with Crippen LogP contribution in [0.25, 0.3) is 0 Å². The first kappa shape index (κ1) is 15.8. The average molecular weight is 294 g/mol. The monoisotopic (exact) mass is 294 g/mol. The zero-order chi connectivity index (χ0) is 15.3. The highest BCUT2D eigenvalue weighted by Crippen LogP contribution is 2.65. The molecule has 0 aliphatic heterocycles. The standard InChI is InChI=1S/C19H34O2/c1-17(2)10-8-11-18(3)14-9-6-7-12-19(14,21-5)16(20-4)13-15(17)18/h14-16H,6-13H2,1-5H3/t14-,15?,16?,18-,19?/m1/s1. The van der Waals surface area contributed by atoms with Crippen LogP contribution in [0.5, 0.6) is 0 Å². The maximum Gasteiger partial charge on any atom is 0.0972 e. The number of hydrogen-bond acceptors (Lipinski definition) is 2. The smallest absolute Gasteiger partial charge is 0.0972 e. The molecule has 0 radical (unpaired) electrons. The second kappa shape index (κ2) is 5.23. The summed E-state index contributed by atoms with van der Waals surface area (Å²) in [6, 6.07) is 0. The van der Waals surface area contributed by atoms with Crippen LogP contribution in [-0.2, 0) is 9.47 Å². The average Bonchev–Trinajstić information content (AvgIpc) is 2.46. The molecule has 2 nitrogen and oxygen atoms in total. The van der Waals surface area contributed by atoms with E-state index < -0.39 is 0 Å². The van der Waals surface area contributed by atoms with Crippen molar-refractivity contribution in [1.29, 1.82) is 0 Å². The summed E-state index contributed by atoms with van der Waals surface area (Å²) in [5.74, 6) is 1.45. The summed E-state index contributed by atoms with van der Waals surface area (Å²) in [4.78, 5) is 0. The summed E-state index contributed by atoms with van der Waals surface area (Å²) in [7, 11) is 3.83. The fourth-order valence-corrected chi connectivity index (χ4v) is 6.70. The van der Waals surface area contributed by atoms with Crippen LogP contribution >= 0.6 is 0 Å². The summed E-state index contributed by atoms with van der Waals surface area (Å²) in [6.45, 7) is 7.56. The Morgan fingerprint density at radius 1 is 0.857 bits per heavy atom. The molecule has 3 aliphatic carbocycles. The highest BCUT2D eigenvalue weighted by Gasteiger charge is 2.64. The molecule has 0 aromatic heterocycles. The fourth-order valence-electron chi connectivity index (χ4n) is 6.70. The summed E-state index contributed by atoms with van der Waals surface area (Å²) in [5, 5.41) is 0. The number of rotatable bonds is 2. The number of hydrogen-bond donors (Lipinski definition) is 0. The molecule has 0 bridgehead atoms. The van der Waals surface area contributed by atoms with E-state index in [9.17, 15) is 0 Å². The van der Waals surface area contributed by atoms with Crippen LogP contribution in [0.1, 0.15) is 72.1 Å². The first-order valence-corrected chi connectivity index (χ1v) is 8.99. The molecule has 0 N–H and O–H groups in total. The topological polar surface area (TPSA) is 18.5 Å². The largest absolute Gasteiger partial charge is 0.378 e. The third kappa shape index (κ3) is 2.12. The van der Waals surface area contributed by atoms with Gasteiger partial charge in [0.15, 0.2) is 0 Å². The van der Waals surface area contributed by atoms with Crippen molar-refractivity contribution in [2.45, 2.75) is 83.8 Å². The van der Waals surface area contributed by atoms with Crippen molar-refractivity contribution < 1.29 is 9.47 Å². The number of methoxy groups -OCH3 is 2. The van der Waals surface area contributed by atoms with Crippen molar-refractivity contribution in [3.8, 4) is 0 Å². The van der Waals surface area contributed by atoms with Crippen LogP contribution in [0.3, 0.4) is 0 Å². The van der Waals surface area contributed by atoms with Crippen LogP contribution in [0.4, 0.5) is 0 Å². The molecule has 0 aromatic rings. The normalized spacial score (nSPS) is 49.3. The van der Waals surface area contributed by atoms with Gasteiger partial charge in [-0.15, -0.1) is 0 Å². The summed E-state index contributed by atoms with van der Waals surface area (Å²) in [5.41, 5.74) is 0.861. The first-order chi connectivity index (χ1) is 9.90. The lowest BCUT2D eigenvalue weighted by Gasteiger charge is -2.65. The molecule has 3 fully saturated rings. The summed E-state index contributed by atoms with van der Waals surface area (Å²) >= 11 is 0. The van der Waals surface area contributed by atoms with Gasteiger partial charge in [-0.2, -0.15) is 0 Å². The summed E-state index contributed by atoms with van der Waals surface area (Å²) < 4.78 is 12.3. The van der Waals surface area contributed by atoms with Crippen molar-refractivity contribution in [2.24, 2.45) is 22.7 Å². The third-order valence-electron chi connectivity index (χ3n) is 7.63. The molecule has 0 spiro atoms.